The topological polar surface area (TPSA) is 63.4 Å². The zero-order valence-corrected chi connectivity index (χ0v) is 10.2. The van der Waals surface area contributed by atoms with E-state index in [-0.39, 0.29) is 11.8 Å². The van der Waals surface area contributed by atoms with E-state index in [0.29, 0.717) is 23.6 Å². The molecule has 0 spiro atoms. The van der Waals surface area contributed by atoms with Gasteiger partial charge in [-0.2, -0.15) is 0 Å². The Morgan fingerprint density at radius 2 is 2.12 bits per heavy atom. The first-order valence-electron chi connectivity index (χ1n) is 5.39. The lowest BCUT2D eigenvalue weighted by Gasteiger charge is -2.29. The van der Waals surface area contributed by atoms with Gasteiger partial charge in [0, 0.05) is 11.4 Å². The second-order valence-corrected chi connectivity index (χ2v) is 4.58. The van der Waals surface area contributed by atoms with Gasteiger partial charge in [0.1, 0.15) is 0 Å². The first-order chi connectivity index (χ1) is 8.00. The molecule has 1 aromatic carbocycles. The van der Waals surface area contributed by atoms with Crippen molar-refractivity contribution in [3.63, 3.8) is 0 Å². The van der Waals surface area contributed by atoms with E-state index in [9.17, 15) is 9.59 Å². The zero-order chi connectivity index (χ0) is 12.6. The highest BCUT2D eigenvalue weighted by Gasteiger charge is 2.33. The molecular formula is C12H13ClN2O2. The fourth-order valence-corrected chi connectivity index (χ4v) is 2.15. The number of hydrogen-bond donors (Lipinski definition) is 1. The van der Waals surface area contributed by atoms with Crippen molar-refractivity contribution >= 4 is 29.1 Å². The van der Waals surface area contributed by atoms with Crippen LogP contribution >= 0.6 is 11.6 Å². The molecule has 4 nitrogen and oxygen atoms in total. The number of carbonyl (C=O) groups excluding carboxylic acids is 2. The van der Waals surface area contributed by atoms with Gasteiger partial charge in [0.2, 0.25) is 5.91 Å². The largest absolute Gasteiger partial charge is 0.320 e. The molecule has 1 unspecified atom stereocenters. The van der Waals surface area contributed by atoms with Crippen LogP contribution in [0.4, 0.5) is 5.69 Å². The van der Waals surface area contributed by atoms with Crippen LogP contribution in [0.15, 0.2) is 18.2 Å². The van der Waals surface area contributed by atoms with Gasteiger partial charge in [-0.15, -0.1) is 0 Å². The van der Waals surface area contributed by atoms with Crippen molar-refractivity contribution in [1.29, 1.82) is 0 Å². The van der Waals surface area contributed by atoms with Crippen molar-refractivity contribution in [2.24, 2.45) is 5.73 Å². The third-order valence-electron chi connectivity index (χ3n) is 2.86. The van der Waals surface area contributed by atoms with Crippen LogP contribution in [-0.2, 0) is 9.59 Å². The number of nitrogens with two attached hydrogens (primary N) is 1. The molecule has 2 amide bonds. The van der Waals surface area contributed by atoms with Gasteiger partial charge in [0.25, 0.3) is 5.91 Å². The second-order valence-electron chi connectivity index (χ2n) is 4.14. The van der Waals surface area contributed by atoms with Crippen molar-refractivity contribution in [1.82, 2.24) is 0 Å². The third kappa shape index (κ3) is 2.18. The molecule has 1 fully saturated rings. The predicted octanol–water partition coefficient (Wildman–Crippen LogP) is 1.63. The molecule has 5 heteroatoms. The van der Waals surface area contributed by atoms with Gasteiger partial charge in [0.05, 0.1) is 11.7 Å². The van der Waals surface area contributed by atoms with Crippen molar-refractivity contribution in [2.45, 2.75) is 25.8 Å². The van der Waals surface area contributed by atoms with E-state index in [2.05, 4.69) is 0 Å². The highest BCUT2D eigenvalue weighted by atomic mass is 35.5. The highest BCUT2D eigenvalue weighted by Crippen LogP contribution is 2.27. The van der Waals surface area contributed by atoms with Crippen LogP contribution in [0.25, 0.3) is 0 Å². The van der Waals surface area contributed by atoms with Crippen LogP contribution in [0.2, 0.25) is 5.02 Å². The van der Waals surface area contributed by atoms with Crippen LogP contribution in [0.1, 0.15) is 18.4 Å². The summed E-state index contributed by atoms with van der Waals surface area (Å²) in [4.78, 5) is 24.9. The number of benzene rings is 1. The summed E-state index contributed by atoms with van der Waals surface area (Å²) in [5, 5.41) is 0.576. The molecule has 1 saturated heterocycles. The minimum atomic E-state index is -0.595. The van der Waals surface area contributed by atoms with E-state index in [1.807, 2.05) is 6.92 Å². The average molecular weight is 253 g/mol. The Balaban J connectivity index is 2.43. The number of halogens is 1. The highest BCUT2D eigenvalue weighted by molar-refractivity contribution is 6.31. The molecule has 1 heterocycles. The molecule has 1 atom stereocenters. The lowest BCUT2D eigenvalue weighted by atomic mass is 10.0. The van der Waals surface area contributed by atoms with Crippen LogP contribution in [0, 0.1) is 6.92 Å². The molecule has 17 heavy (non-hydrogen) atoms. The molecule has 0 aliphatic carbocycles. The number of imide groups is 1. The summed E-state index contributed by atoms with van der Waals surface area (Å²) < 4.78 is 0. The van der Waals surface area contributed by atoms with Crippen LogP contribution < -0.4 is 10.6 Å². The summed E-state index contributed by atoms with van der Waals surface area (Å²) in [6.45, 7) is 1.81. The van der Waals surface area contributed by atoms with Crippen molar-refractivity contribution < 1.29 is 9.59 Å². The van der Waals surface area contributed by atoms with Gasteiger partial charge >= 0.3 is 0 Å². The third-order valence-corrected chi connectivity index (χ3v) is 3.09. The van der Waals surface area contributed by atoms with Crippen molar-refractivity contribution in [3.05, 3.63) is 28.8 Å². The molecule has 2 N–H and O–H groups in total. The molecule has 1 aromatic rings. The predicted molar refractivity (Wildman–Crippen MR) is 65.9 cm³/mol. The quantitative estimate of drug-likeness (QED) is 0.773. The Hall–Kier alpha value is -1.39. The van der Waals surface area contributed by atoms with Gasteiger partial charge < -0.3 is 5.73 Å². The Labute approximate surface area is 104 Å². The van der Waals surface area contributed by atoms with E-state index in [0.717, 1.165) is 5.56 Å². The summed E-state index contributed by atoms with van der Waals surface area (Å²) in [6, 6.07) is 4.45. The fourth-order valence-electron chi connectivity index (χ4n) is 1.93. The van der Waals surface area contributed by atoms with E-state index >= 15 is 0 Å². The number of hydrogen-bond acceptors (Lipinski definition) is 3. The summed E-state index contributed by atoms with van der Waals surface area (Å²) in [5.74, 6) is -0.547. The van der Waals surface area contributed by atoms with Crippen LogP contribution in [-0.4, -0.2) is 17.9 Å². The number of rotatable bonds is 1. The van der Waals surface area contributed by atoms with E-state index in [4.69, 9.17) is 17.3 Å². The Bertz CT molecular complexity index is 487. The molecule has 0 aromatic heterocycles. The van der Waals surface area contributed by atoms with Gasteiger partial charge in [-0.3, -0.25) is 9.59 Å². The molecule has 1 aliphatic heterocycles. The fraction of sp³-hybridized carbons (Fsp3) is 0.333. The Morgan fingerprint density at radius 1 is 1.41 bits per heavy atom. The van der Waals surface area contributed by atoms with E-state index in [1.165, 1.54) is 4.90 Å². The maximum Gasteiger partial charge on any atom is 0.250 e. The number of aryl methyl sites for hydroxylation is 1. The lowest BCUT2D eigenvalue weighted by molar-refractivity contribution is -0.130. The Morgan fingerprint density at radius 3 is 2.76 bits per heavy atom. The molecule has 1 aliphatic rings. The van der Waals surface area contributed by atoms with Crippen molar-refractivity contribution in [2.75, 3.05) is 4.90 Å². The monoisotopic (exact) mass is 252 g/mol. The summed E-state index contributed by atoms with van der Waals surface area (Å²) in [7, 11) is 0. The number of anilines is 1. The van der Waals surface area contributed by atoms with Crippen LogP contribution in [0.3, 0.4) is 0 Å². The molecule has 90 valence electrons. The second kappa shape index (κ2) is 4.47. The zero-order valence-electron chi connectivity index (χ0n) is 9.44. The SMILES string of the molecule is Cc1cc(Cl)ccc1N1C(=O)CCC(N)C1=O. The maximum atomic E-state index is 11.9. The first kappa shape index (κ1) is 12.1. The molecule has 0 bridgehead atoms. The molecule has 0 radical (unpaired) electrons. The molecular weight excluding hydrogens is 240 g/mol. The number of carbonyl (C=O) groups is 2. The summed E-state index contributed by atoms with van der Waals surface area (Å²) in [5.41, 5.74) is 7.03. The van der Waals surface area contributed by atoms with Gasteiger partial charge in [-0.25, -0.2) is 4.90 Å². The number of nitrogens with zero attached hydrogens (tertiary/aromatic N) is 1. The van der Waals surface area contributed by atoms with E-state index in [1.54, 1.807) is 18.2 Å². The lowest BCUT2D eigenvalue weighted by Crippen LogP contribution is -2.51. The normalized spacial score (nSPS) is 20.9. The maximum absolute atomic E-state index is 11.9. The van der Waals surface area contributed by atoms with Crippen LogP contribution in [0.5, 0.6) is 0 Å². The summed E-state index contributed by atoms with van der Waals surface area (Å²) >= 11 is 5.84. The smallest absolute Gasteiger partial charge is 0.250 e. The number of amides is 2. The average Bonchev–Trinajstić information content (AvgIpc) is 2.27. The van der Waals surface area contributed by atoms with Gasteiger partial charge in [-0.1, -0.05) is 11.6 Å². The Kier molecular flexibility index (Phi) is 3.17. The first-order valence-corrected chi connectivity index (χ1v) is 5.77. The standard InChI is InChI=1S/C12H13ClN2O2/c1-7-6-8(13)2-4-10(7)15-11(16)5-3-9(14)12(15)17/h2,4,6,9H,3,5,14H2,1H3. The van der Waals surface area contributed by atoms with E-state index < -0.39 is 6.04 Å². The minimum Gasteiger partial charge on any atom is -0.320 e. The van der Waals surface area contributed by atoms with Gasteiger partial charge in [-0.05, 0) is 37.1 Å². The molecule has 2 rings (SSSR count). The van der Waals surface area contributed by atoms with Gasteiger partial charge in [0.15, 0.2) is 0 Å². The van der Waals surface area contributed by atoms with Crippen molar-refractivity contribution in [3.8, 4) is 0 Å². The summed E-state index contributed by atoms with van der Waals surface area (Å²) in [6.07, 6.45) is 0.718. The minimum absolute atomic E-state index is 0.206. The number of piperidine rings is 1. The molecule has 0 saturated carbocycles.